The second-order valence-electron chi connectivity index (χ2n) is 8.88. The second-order valence-corrected chi connectivity index (χ2v) is 8.88. The minimum absolute atomic E-state index is 0.0224. The first-order chi connectivity index (χ1) is 18.7. The first-order valence-corrected chi connectivity index (χ1v) is 12.4. The van der Waals surface area contributed by atoms with Gasteiger partial charge >= 0.3 is 24.1 Å². The van der Waals surface area contributed by atoms with Gasteiger partial charge in [-0.05, 0) is 52.3 Å². The van der Waals surface area contributed by atoms with Gasteiger partial charge in [0.05, 0.1) is 19.8 Å². The number of esters is 3. The van der Waals surface area contributed by atoms with Crippen molar-refractivity contribution in [1.29, 1.82) is 0 Å². The van der Waals surface area contributed by atoms with E-state index in [1.807, 2.05) is 0 Å². The number of carbonyl (C=O) groups excluding carboxylic acids is 5. The molecule has 0 spiro atoms. The molecule has 0 heterocycles. The van der Waals surface area contributed by atoms with E-state index in [0.29, 0.717) is 0 Å². The van der Waals surface area contributed by atoms with E-state index in [4.69, 9.17) is 30.6 Å². The number of phenols is 1. The fraction of sp³-hybridized carbons (Fsp3) is 0.560. The topological polar surface area (TPSA) is 228 Å². The van der Waals surface area contributed by atoms with Crippen LogP contribution in [0.5, 0.6) is 5.75 Å². The molecule has 0 aliphatic carbocycles. The molecule has 1 aromatic rings. The number of phenolic OH excluding ortho intramolecular Hbond substituents is 1. The maximum Gasteiger partial charge on any atom is 0.511 e. The number of hydrogen-bond acceptors (Lipinski definition) is 15. The first kappa shape index (κ1) is 34.2. The zero-order valence-electron chi connectivity index (χ0n) is 23.4. The van der Waals surface area contributed by atoms with Gasteiger partial charge in [0.1, 0.15) is 28.3 Å². The van der Waals surface area contributed by atoms with Crippen molar-refractivity contribution in [3.05, 3.63) is 29.3 Å². The van der Waals surface area contributed by atoms with Gasteiger partial charge in [0.2, 0.25) is 6.29 Å². The average Bonchev–Trinajstić information content (AvgIpc) is 2.89. The third kappa shape index (κ3) is 8.35. The third-order valence-electron chi connectivity index (χ3n) is 5.91. The molecule has 4 atom stereocenters. The lowest BCUT2D eigenvalue weighted by Gasteiger charge is -2.37. The second kappa shape index (κ2) is 15.1. The SMILES string of the molecule is CCOC(=O)O[C@H](C)OC(=O)[C@](C)(CC(=O)[C@@](C)(NN)[C@@H](C(=O)OCC)c1ccc(O)c(C(=O)OCC)c1)NN. The maximum atomic E-state index is 13.7. The van der Waals surface area contributed by atoms with Crippen molar-refractivity contribution in [1.82, 2.24) is 10.9 Å². The van der Waals surface area contributed by atoms with Gasteiger partial charge in [-0.15, -0.1) is 0 Å². The number of benzene rings is 1. The summed E-state index contributed by atoms with van der Waals surface area (Å²) in [5.41, 5.74) is 0.552. The first-order valence-electron chi connectivity index (χ1n) is 12.4. The number of nitrogens with one attached hydrogen (secondary N) is 2. The van der Waals surface area contributed by atoms with Crippen LogP contribution in [0.1, 0.15) is 69.8 Å². The summed E-state index contributed by atoms with van der Waals surface area (Å²) in [7, 11) is 0. The Bertz CT molecular complexity index is 1080. The molecule has 15 heteroatoms. The number of ketones is 1. The van der Waals surface area contributed by atoms with Crippen molar-refractivity contribution in [3.63, 3.8) is 0 Å². The highest BCUT2D eigenvalue weighted by atomic mass is 16.8. The normalized spacial score (nSPS) is 15.4. The fourth-order valence-electron chi connectivity index (χ4n) is 3.64. The molecule has 224 valence electrons. The Morgan fingerprint density at radius 2 is 1.52 bits per heavy atom. The number of aromatic hydroxyl groups is 1. The van der Waals surface area contributed by atoms with Crippen molar-refractivity contribution < 1.29 is 52.8 Å². The van der Waals surface area contributed by atoms with Crippen LogP contribution in [0.2, 0.25) is 0 Å². The number of ether oxygens (including phenoxy) is 5. The molecule has 0 bridgehead atoms. The lowest BCUT2D eigenvalue weighted by atomic mass is 9.74. The highest BCUT2D eigenvalue weighted by molar-refractivity contribution is 6.00. The van der Waals surface area contributed by atoms with Gasteiger partial charge in [-0.1, -0.05) is 6.07 Å². The predicted molar refractivity (Wildman–Crippen MR) is 138 cm³/mol. The summed E-state index contributed by atoms with van der Waals surface area (Å²) >= 11 is 0. The van der Waals surface area contributed by atoms with Crippen molar-refractivity contribution >= 4 is 29.8 Å². The summed E-state index contributed by atoms with van der Waals surface area (Å²) in [6.45, 7) is 8.48. The number of nitrogens with two attached hydrogens (primary N) is 2. The zero-order chi connectivity index (χ0) is 30.7. The minimum atomic E-state index is -1.94. The smallest absolute Gasteiger partial charge is 0.507 e. The largest absolute Gasteiger partial charge is 0.511 e. The third-order valence-corrected chi connectivity index (χ3v) is 5.91. The van der Waals surface area contributed by atoms with Crippen molar-refractivity contribution in [2.75, 3.05) is 19.8 Å². The van der Waals surface area contributed by atoms with Gasteiger partial charge in [-0.25, -0.2) is 25.2 Å². The van der Waals surface area contributed by atoms with Crippen LogP contribution < -0.4 is 22.5 Å². The molecule has 0 amide bonds. The van der Waals surface area contributed by atoms with Gasteiger partial charge in [-0.2, -0.15) is 0 Å². The Labute approximate surface area is 231 Å². The standard InChI is InChI=1S/C25H38N4O11/c1-7-36-20(32)16-12-15(10-11-17(16)30)19(21(33)37-8-2)25(6,29-27)18(31)13-24(5,28-26)22(34)39-14(4)40-23(35)38-9-3/h10-12,14,19,28-30H,7-9,13,26-27H2,1-6H3/t14-,19-,24+,25-/m1/s1. The van der Waals surface area contributed by atoms with Crippen LogP contribution in [0.25, 0.3) is 0 Å². The van der Waals surface area contributed by atoms with Crippen molar-refractivity contribution in [2.45, 2.75) is 71.2 Å². The van der Waals surface area contributed by atoms with E-state index in [-0.39, 0.29) is 30.9 Å². The number of carbonyl (C=O) groups is 5. The van der Waals surface area contributed by atoms with E-state index < -0.39 is 65.3 Å². The molecule has 0 radical (unpaired) electrons. The molecule has 0 saturated heterocycles. The Kier molecular flexibility index (Phi) is 12.9. The van der Waals surface area contributed by atoms with E-state index in [0.717, 1.165) is 6.07 Å². The van der Waals surface area contributed by atoms with Crippen molar-refractivity contribution in [3.8, 4) is 5.75 Å². The summed E-state index contributed by atoms with van der Waals surface area (Å²) in [4.78, 5) is 63.7. The highest BCUT2D eigenvalue weighted by Crippen LogP contribution is 2.35. The van der Waals surface area contributed by atoms with E-state index in [9.17, 15) is 29.1 Å². The zero-order valence-corrected chi connectivity index (χ0v) is 23.4. The van der Waals surface area contributed by atoms with Crippen LogP contribution >= 0.6 is 0 Å². The number of hydrogen-bond donors (Lipinski definition) is 5. The van der Waals surface area contributed by atoms with Gasteiger partial charge in [0.25, 0.3) is 0 Å². The molecule has 0 aliphatic rings. The fourth-order valence-corrected chi connectivity index (χ4v) is 3.64. The van der Waals surface area contributed by atoms with Gasteiger partial charge in [0, 0.05) is 13.3 Å². The molecule has 0 unspecified atom stereocenters. The monoisotopic (exact) mass is 570 g/mol. The highest BCUT2D eigenvalue weighted by Gasteiger charge is 2.50. The summed E-state index contributed by atoms with van der Waals surface area (Å²) in [6, 6.07) is 3.65. The Hall–Kier alpha value is -3.79. The van der Waals surface area contributed by atoms with Crippen molar-refractivity contribution in [2.24, 2.45) is 11.7 Å². The van der Waals surface area contributed by atoms with Crippen LogP contribution in [-0.2, 0) is 38.1 Å². The molecule has 0 saturated carbocycles. The average molecular weight is 571 g/mol. The van der Waals surface area contributed by atoms with E-state index >= 15 is 0 Å². The van der Waals surface area contributed by atoms with Gasteiger partial charge in [0.15, 0.2) is 5.78 Å². The molecule has 7 N–H and O–H groups in total. The van der Waals surface area contributed by atoms with E-state index in [1.165, 1.54) is 32.9 Å². The Morgan fingerprint density at radius 1 is 0.925 bits per heavy atom. The Balaban J connectivity index is 3.44. The number of rotatable bonds is 15. The number of Topliss-reactive ketones (excluding diaryl/α,β-unsaturated/α-hetero) is 1. The minimum Gasteiger partial charge on any atom is -0.507 e. The van der Waals surface area contributed by atoms with Gasteiger partial charge in [-0.3, -0.25) is 21.3 Å². The molecule has 40 heavy (non-hydrogen) atoms. The molecule has 0 aromatic heterocycles. The summed E-state index contributed by atoms with van der Waals surface area (Å²) < 4.78 is 24.7. The number of hydrazine groups is 2. The van der Waals surface area contributed by atoms with Crippen LogP contribution in [-0.4, -0.2) is 72.1 Å². The van der Waals surface area contributed by atoms with E-state index in [1.54, 1.807) is 20.8 Å². The van der Waals surface area contributed by atoms with Crippen LogP contribution in [0.15, 0.2) is 18.2 Å². The summed E-state index contributed by atoms with van der Waals surface area (Å²) in [5.74, 6) is 5.90. The molecule has 1 rings (SSSR count). The summed E-state index contributed by atoms with van der Waals surface area (Å²) in [5, 5.41) is 10.2. The van der Waals surface area contributed by atoms with E-state index in [2.05, 4.69) is 15.6 Å². The quantitative estimate of drug-likeness (QED) is 0.0642. The van der Waals surface area contributed by atoms with Gasteiger partial charge < -0.3 is 28.8 Å². The Morgan fingerprint density at radius 3 is 2.05 bits per heavy atom. The molecular formula is C25H38N4O11. The summed E-state index contributed by atoms with van der Waals surface area (Å²) in [6.07, 6.45) is -3.14. The molecule has 0 aliphatic heterocycles. The lowest BCUT2D eigenvalue weighted by molar-refractivity contribution is -0.176. The molecule has 1 aromatic carbocycles. The molecule has 0 fully saturated rings. The maximum absolute atomic E-state index is 13.7. The molecule has 15 nitrogen and oxygen atoms in total. The predicted octanol–water partition coefficient (Wildman–Crippen LogP) is 0.681. The van der Waals surface area contributed by atoms with Crippen LogP contribution in [0.3, 0.4) is 0 Å². The van der Waals surface area contributed by atoms with Crippen LogP contribution in [0.4, 0.5) is 4.79 Å². The molecular weight excluding hydrogens is 532 g/mol. The van der Waals surface area contributed by atoms with Crippen LogP contribution in [0, 0.1) is 0 Å². The lowest BCUT2D eigenvalue weighted by Crippen LogP contribution is -2.63.